The lowest BCUT2D eigenvalue weighted by atomic mass is 10.1. The van der Waals surface area contributed by atoms with Crippen LogP contribution in [0, 0.1) is 11.8 Å². The van der Waals surface area contributed by atoms with Gasteiger partial charge < -0.3 is 10.5 Å². The fraction of sp³-hybridized carbons (Fsp3) is 0.778. The molecule has 0 saturated heterocycles. The highest BCUT2D eigenvalue weighted by molar-refractivity contribution is 5.76. The molecule has 0 aromatic heterocycles. The van der Waals surface area contributed by atoms with Crippen LogP contribution in [0.3, 0.4) is 0 Å². The quantitative estimate of drug-likeness (QED) is 0.649. The molecule has 4 heteroatoms. The number of primary amides is 1. The van der Waals surface area contributed by atoms with E-state index in [9.17, 15) is 9.59 Å². The number of nitrogens with two attached hydrogens (primary N) is 1. The van der Waals surface area contributed by atoms with E-state index in [2.05, 4.69) is 0 Å². The fourth-order valence-corrected chi connectivity index (χ4v) is 1.72. The minimum absolute atomic E-state index is 0.0134. The van der Waals surface area contributed by atoms with Gasteiger partial charge in [0.15, 0.2) is 0 Å². The van der Waals surface area contributed by atoms with Crippen LogP contribution in [-0.4, -0.2) is 18.5 Å². The second kappa shape index (κ2) is 4.25. The van der Waals surface area contributed by atoms with Crippen molar-refractivity contribution in [2.75, 3.05) is 6.61 Å². The van der Waals surface area contributed by atoms with Crippen LogP contribution in [0.4, 0.5) is 0 Å². The Labute approximate surface area is 77.4 Å². The molecule has 74 valence electrons. The number of carbonyl (C=O) groups is 2. The zero-order valence-electron chi connectivity index (χ0n) is 7.79. The number of rotatable bonds is 3. The lowest BCUT2D eigenvalue weighted by molar-refractivity contribution is -0.142. The molecule has 0 aromatic carbocycles. The summed E-state index contributed by atoms with van der Waals surface area (Å²) in [7, 11) is 0. The van der Waals surface area contributed by atoms with E-state index in [4.69, 9.17) is 10.5 Å². The average Bonchev–Trinajstić information content (AvgIpc) is 2.48. The molecule has 1 fully saturated rings. The maximum Gasteiger partial charge on any atom is 0.302 e. The zero-order chi connectivity index (χ0) is 9.84. The van der Waals surface area contributed by atoms with Crippen molar-refractivity contribution >= 4 is 11.9 Å². The lowest BCUT2D eigenvalue weighted by Crippen LogP contribution is -2.21. The van der Waals surface area contributed by atoms with Crippen LogP contribution in [0.15, 0.2) is 0 Å². The summed E-state index contributed by atoms with van der Waals surface area (Å²) < 4.78 is 4.86. The van der Waals surface area contributed by atoms with Crippen LogP contribution in [0.1, 0.15) is 26.2 Å². The maximum absolute atomic E-state index is 10.8. The Hall–Kier alpha value is -1.06. The molecule has 0 aromatic rings. The third-order valence-electron chi connectivity index (χ3n) is 2.47. The van der Waals surface area contributed by atoms with Gasteiger partial charge in [-0.15, -0.1) is 0 Å². The third kappa shape index (κ3) is 3.05. The first kappa shape index (κ1) is 10.0. The molecule has 0 heterocycles. The van der Waals surface area contributed by atoms with E-state index in [1.54, 1.807) is 0 Å². The van der Waals surface area contributed by atoms with E-state index in [0.717, 1.165) is 19.3 Å². The van der Waals surface area contributed by atoms with Gasteiger partial charge >= 0.3 is 5.97 Å². The number of ether oxygens (including phenoxy) is 1. The largest absolute Gasteiger partial charge is 0.466 e. The summed E-state index contributed by atoms with van der Waals surface area (Å²) in [5, 5.41) is 0. The molecule has 1 amide bonds. The molecule has 2 atom stereocenters. The zero-order valence-corrected chi connectivity index (χ0v) is 7.79. The Bertz CT molecular complexity index is 215. The number of hydrogen-bond donors (Lipinski definition) is 1. The molecular weight excluding hydrogens is 170 g/mol. The summed E-state index contributed by atoms with van der Waals surface area (Å²) in [5.41, 5.74) is 5.17. The van der Waals surface area contributed by atoms with Crippen molar-refractivity contribution in [3.8, 4) is 0 Å². The average molecular weight is 185 g/mol. The van der Waals surface area contributed by atoms with Crippen molar-refractivity contribution in [3.05, 3.63) is 0 Å². The lowest BCUT2D eigenvalue weighted by Gasteiger charge is -2.08. The summed E-state index contributed by atoms with van der Waals surface area (Å²) in [6, 6.07) is 0. The molecule has 1 saturated carbocycles. The number of hydrogen-bond acceptors (Lipinski definition) is 3. The Morgan fingerprint density at radius 1 is 1.46 bits per heavy atom. The normalized spacial score (nSPS) is 27.2. The number of esters is 1. The van der Waals surface area contributed by atoms with Gasteiger partial charge in [-0.1, -0.05) is 0 Å². The molecule has 4 nitrogen and oxygen atoms in total. The van der Waals surface area contributed by atoms with Crippen molar-refractivity contribution < 1.29 is 14.3 Å². The molecule has 0 unspecified atom stereocenters. The van der Waals surface area contributed by atoms with Crippen molar-refractivity contribution in [3.63, 3.8) is 0 Å². The predicted molar refractivity (Wildman–Crippen MR) is 46.7 cm³/mol. The molecule has 0 radical (unpaired) electrons. The van der Waals surface area contributed by atoms with Gasteiger partial charge in [-0.2, -0.15) is 0 Å². The highest BCUT2D eigenvalue weighted by Crippen LogP contribution is 2.30. The summed E-state index contributed by atoms with van der Waals surface area (Å²) >= 11 is 0. The van der Waals surface area contributed by atoms with Crippen LogP contribution in [-0.2, 0) is 14.3 Å². The first-order valence-electron chi connectivity index (χ1n) is 4.52. The van der Waals surface area contributed by atoms with Gasteiger partial charge in [0.05, 0.1) is 6.61 Å². The second-order valence-corrected chi connectivity index (χ2v) is 3.58. The molecule has 13 heavy (non-hydrogen) atoms. The van der Waals surface area contributed by atoms with Crippen LogP contribution in [0.25, 0.3) is 0 Å². The van der Waals surface area contributed by atoms with Crippen LogP contribution in [0.2, 0.25) is 0 Å². The van der Waals surface area contributed by atoms with Gasteiger partial charge in [0.2, 0.25) is 5.91 Å². The minimum atomic E-state index is -0.262. The van der Waals surface area contributed by atoms with E-state index in [-0.39, 0.29) is 17.8 Å². The summed E-state index contributed by atoms with van der Waals surface area (Å²) in [6.45, 7) is 1.82. The van der Waals surface area contributed by atoms with Gasteiger partial charge in [-0.05, 0) is 25.2 Å². The highest BCUT2D eigenvalue weighted by atomic mass is 16.5. The minimum Gasteiger partial charge on any atom is -0.466 e. The first-order chi connectivity index (χ1) is 6.09. The SMILES string of the molecule is CC(=O)OC[C@@H]1CC[C@H](C(N)=O)C1. The summed E-state index contributed by atoms with van der Waals surface area (Å²) in [5.74, 6) is -0.185. The molecule has 0 aliphatic heterocycles. The Morgan fingerprint density at radius 3 is 2.62 bits per heavy atom. The van der Waals surface area contributed by atoms with E-state index in [1.165, 1.54) is 6.92 Å². The summed E-state index contributed by atoms with van der Waals surface area (Å²) in [6.07, 6.45) is 2.53. The Kier molecular flexibility index (Phi) is 3.28. The Morgan fingerprint density at radius 2 is 2.15 bits per heavy atom. The number of carbonyl (C=O) groups excluding carboxylic acids is 2. The van der Waals surface area contributed by atoms with Gasteiger partial charge in [0.1, 0.15) is 0 Å². The highest BCUT2D eigenvalue weighted by Gasteiger charge is 2.28. The van der Waals surface area contributed by atoms with E-state index in [0.29, 0.717) is 12.5 Å². The molecule has 1 aliphatic carbocycles. The van der Waals surface area contributed by atoms with E-state index in [1.807, 2.05) is 0 Å². The van der Waals surface area contributed by atoms with Crippen LogP contribution < -0.4 is 5.73 Å². The molecule has 1 rings (SSSR count). The van der Waals surface area contributed by atoms with Gasteiger partial charge in [0.25, 0.3) is 0 Å². The van der Waals surface area contributed by atoms with Gasteiger partial charge in [0, 0.05) is 12.8 Å². The van der Waals surface area contributed by atoms with Crippen molar-refractivity contribution in [2.24, 2.45) is 17.6 Å². The van der Waals surface area contributed by atoms with E-state index >= 15 is 0 Å². The topological polar surface area (TPSA) is 69.4 Å². The van der Waals surface area contributed by atoms with Crippen LogP contribution >= 0.6 is 0 Å². The van der Waals surface area contributed by atoms with Crippen molar-refractivity contribution in [2.45, 2.75) is 26.2 Å². The molecule has 0 spiro atoms. The van der Waals surface area contributed by atoms with Gasteiger partial charge in [-0.25, -0.2) is 0 Å². The second-order valence-electron chi connectivity index (χ2n) is 3.58. The van der Waals surface area contributed by atoms with E-state index < -0.39 is 0 Å². The van der Waals surface area contributed by atoms with Crippen molar-refractivity contribution in [1.82, 2.24) is 0 Å². The van der Waals surface area contributed by atoms with Gasteiger partial charge in [-0.3, -0.25) is 9.59 Å². The maximum atomic E-state index is 10.8. The first-order valence-corrected chi connectivity index (χ1v) is 4.52. The third-order valence-corrected chi connectivity index (χ3v) is 2.47. The molecule has 2 N–H and O–H groups in total. The van der Waals surface area contributed by atoms with Crippen molar-refractivity contribution in [1.29, 1.82) is 0 Å². The fourth-order valence-electron chi connectivity index (χ4n) is 1.72. The molecule has 1 aliphatic rings. The smallest absolute Gasteiger partial charge is 0.302 e. The van der Waals surface area contributed by atoms with Crippen LogP contribution in [0.5, 0.6) is 0 Å². The summed E-state index contributed by atoms with van der Waals surface area (Å²) in [4.78, 5) is 21.3. The predicted octanol–water partition coefficient (Wildman–Crippen LogP) is 0.451. The number of amides is 1. The molecular formula is C9H15NO3. The molecule has 0 bridgehead atoms. The standard InChI is InChI=1S/C9H15NO3/c1-6(11)13-5-7-2-3-8(4-7)9(10)12/h7-8H,2-5H2,1H3,(H2,10,12)/t7-,8+/m1/s1. The monoisotopic (exact) mass is 185 g/mol. The Balaban J connectivity index is 2.25.